The lowest BCUT2D eigenvalue weighted by molar-refractivity contribution is 1.12. The minimum Gasteiger partial charge on any atom is -0.305 e. The molecule has 3 rings (SSSR count). The minimum absolute atomic E-state index is 0.311. The molecule has 1 N–H and O–H groups in total. The van der Waals surface area contributed by atoms with Gasteiger partial charge in [0, 0.05) is 10.9 Å². The first kappa shape index (κ1) is 11.7. The summed E-state index contributed by atoms with van der Waals surface area (Å²) in [4.78, 5) is 18.6. The molecule has 0 unspecified atom stereocenters. The van der Waals surface area contributed by atoms with Crippen LogP contribution < -0.4 is 5.69 Å². The van der Waals surface area contributed by atoms with Gasteiger partial charge in [0.1, 0.15) is 0 Å². The van der Waals surface area contributed by atoms with E-state index in [1.54, 1.807) is 0 Å². The third-order valence-corrected chi connectivity index (χ3v) is 3.39. The third kappa shape index (κ3) is 2.03. The highest BCUT2D eigenvalue weighted by Gasteiger charge is 2.08. The normalized spacial score (nSPS) is 10.8. The van der Waals surface area contributed by atoms with E-state index in [4.69, 9.17) is 0 Å². The second kappa shape index (κ2) is 4.35. The van der Waals surface area contributed by atoms with Gasteiger partial charge < -0.3 is 4.98 Å². The number of nitrogens with one attached hydrogen (secondary N) is 1. The van der Waals surface area contributed by atoms with Crippen LogP contribution in [-0.2, 0) is 0 Å². The number of nitrogens with zero attached hydrogens (tertiary/aromatic N) is 1. The summed E-state index contributed by atoms with van der Waals surface area (Å²) in [6, 6.07) is 13.9. The first-order valence-electron chi connectivity index (χ1n) is 6.22. The van der Waals surface area contributed by atoms with Gasteiger partial charge in [-0.3, -0.25) is 0 Å². The molecule has 0 aliphatic rings. The minimum atomic E-state index is -0.311. The molecular formula is C16H14N2O. The fraction of sp³-hybridized carbons (Fsp3) is 0.125. The Morgan fingerprint density at radius 1 is 1.00 bits per heavy atom. The van der Waals surface area contributed by atoms with Crippen LogP contribution >= 0.6 is 0 Å². The zero-order valence-corrected chi connectivity index (χ0v) is 10.9. The summed E-state index contributed by atoms with van der Waals surface area (Å²) < 4.78 is 0. The highest BCUT2D eigenvalue weighted by molar-refractivity contribution is 5.92. The van der Waals surface area contributed by atoms with Gasteiger partial charge in [-0.05, 0) is 37.1 Å². The fourth-order valence-corrected chi connectivity index (χ4v) is 2.24. The molecule has 19 heavy (non-hydrogen) atoms. The number of aromatic amines is 1. The molecule has 0 saturated carbocycles. The molecule has 1 heterocycles. The molecule has 0 bridgehead atoms. The lowest BCUT2D eigenvalue weighted by Gasteiger charge is -2.08. The van der Waals surface area contributed by atoms with Crippen LogP contribution in [-0.4, -0.2) is 9.97 Å². The van der Waals surface area contributed by atoms with Crippen LogP contribution in [0.4, 0.5) is 0 Å². The number of benzene rings is 2. The summed E-state index contributed by atoms with van der Waals surface area (Å²) in [5.74, 6) is 0. The maximum absolute atomic E-state index is 11.7. The highest BCUT2D eigenvalue weighted by atomic mass is 16.1. The summed E-state index contributed by atoms with van der Waals surface area (Å²) in [5.41, 5.74) is 4.58. The van der Waals surface area contributed by atoms with E-state index in [2.05, 4.69) is 23.0 Å². The monoisotopic (exact) mass is 250 g/mol. The van der Waals surface area contributed by atoms with E-state index in [0.717, 1.165) is 27.7 Å². The summed E-state index contributed by atoms with van der Waals surface area (Å²) in [7, 11) is 0. The standard InChI is InChI=1S/C16H14N2O/c1-10-8-13-14(9-11(10)2)17-16(19)18-15(13)12-6-4-3-5-7-12/h3-9H,1-2H3,(H,17,18,19). The number of hydrogen-bond donors (Lipinski definition) is 1. The van der Waals surface area contributed by atoms with Crippen molar-refractivity contribution in [2.45, 2.75) is 13.8 Å². The van der Waals surface area contributed by atoms with Crippen LogP contribution in [0.2, 0.25) is 0 Å². The predicted octanol–water partition coefficient (Wildman–Crippen LogP) is 3.21. The van der Waals surface area contributed by atoms with Crippen molar-refractivity contribution in [3.63, 3.8) is 0 Å². The number of hydrogen-bond acceptors (Lipinski definition) is 2. The van der Waals surface area contributed by atoms with Crippen molar-refractivity contribution in [2.24, 2.45) is 0 Å². The second-order valence-electron chi connectivity index (χ2n) is 4.74. The number of aromatic nitrogens is 2. The number of rotatable bonds is 1. The summed E-state index contributed by atoms with van der Waals surface area (Å²) >= 11 is 0. The largest absolute Gasteiger partial charge is 0.345 e. The van der Waals surface area contributed by atoms with Crippen LogP contribution in [0.3, 0.4) is 0 Å². The second-order valence-corrected chi connectivity index (χ2v) is 4.74. The van der Waals surface area contributed by atoms with Crippen molar-refractivity contribution in [1.29, 1.82) is 0 Å². The summed E-state index contributed by atoms with van der Waals surface area (Å²) in [6.07, 6.45) is 0. The molecule has 0 aliphatic heterocycles. The van der Waals surface area contributed by atoms with Crippen LogP contribution in [0, 0.1) is 13.8 Å². The number of fused-ring (bicyclic) bond motifs is 1. The van der Waals surface area contributed by atoms with Crippen LogP contribution in [0.1, 0.15) is 11.1 Å². The zero-order valence-electron chi connectivity index (χ0n) is 10.9. The predicted molar refractivity (Wildman–Crippen MR) is 77.3 cm³/mol. The van der Waals surface area contributed by atoms with Gasteiger partial charge in [-0.15, -0.1) is 0 Å². The molecule has 3 nitrogen and oxygen atoms in total. The van der Waals surface area contributed by atoms with Crippen molar-refractivity contribution in [1.82, 2.24) is 9.97 Å². The van der Waals surface area contributed by atoms with Gasteiger partial charge in [0.25, 0.3) is 0 Å². The lowest BCUT2D eigenvalue weighted by Crippen LogP contribution is -2.11. The third-order valence-electron chi connectivity index (χ3n) is 3.39. The smallest absolute Gasteiger partial charge is 0.305 e. The van der Waals surface area contributed by atoms with E-state index in [1.165, 1.54) is 5.56 Å². The molecule has 0 aliphatic carbocycles. The van der Waals surface area contributed by atoms with Crippen molar-refractivity contribution in [2.75, 3.05) is 0 Å². The molecule has 2 aromatic carbocycles. The van der Waals surface area contributed by atoms with Gasteiger partial charge in [-0.25, -0.2) is 4.79 Å². The zero-order chi connectivity index (χ0) is 13.4. The molecule has 0 spiro atoms. The SMILES string of the molecule is Cc1cc2[nH]c(=O)nc(-c3ccccc3)c2cc1C. The maximum atomic E-state index is 11.7. The molecular weight excluding hydrogens is 236 g/mol. The van der Waals surface area contributed by atoms with E-state index in [1.807, 2.05) is 43.3 Å². The van der Waals surface area contributed by atoms with Gasteiger partial charge in [-0.1, -0.05) is 30.3 Å². The first-order valence-corrected chi connectivity index (χ1v) is 6.22. The van der Waals surface area contributed by atoms with Crippen molar-refractivity contribution < 1.29 is 0 Å². The van der Waals surface area contributed by atoms with Crippen LogP contribution in [0.5, 0.6) is 0 Å². The van der Waals surface area contributed by atoms with Gasteiger partial charge >= 0.3 is 5.69 Å². The van der Waals surface area contributed by atoms with Crippen molar-refractivity contribution in [3.05, 3.63) is 64.1 Å². The molecule has 94 valence electrons. The number of aryl methyl sites for hydroxylation is 2. The van der Waals surface area contributed by atoms with Crippen LogP contribution in [0.15, 0.2) is 47.3 Å². The first-order chi connectivity index (χ1) is 9.15. The van der Waals surface area contributed by atoms with Gasteiger partial charge in [0.05, 0.1) is 11.2 Å². The molecule has 0 amide bonds. The van der Waals surface area contributed by atoms with Crippen LogP contribution in [0.25, 0.3) is 22.2 Å². The van der Waals surface area contributed by atoms with E-state index < -0.39 is 0 Å². The van der Waals surface area contributed by atoms with Gasteiger partial charge in [-0.2, -0.15) is 4.98 Å². The summed E-state index contributed by atoms with van der Waals surface area (Å²) in [5, 5.41) is 0.980. The quantitative estimate of drug-likeness (QED) is 0.720. The number of H-pyrrole nitrogens is 1. The van der Waals surface area contributed by atoms with E-state index in [-0.39, 0.29) is 5.69 Å². The topological polar surface area (TPSA) is 45.8 Å². The Balaban J connectivity index is 2.42. The Labute approximate surface area is 111 Å². The Bertz CT molecular complexity index is 804. The maximum Gasteiger partial charge on any atom is 0.345 e. The van der Waals surface area contributed by atoms with Gasteiger partial charge in [0.2, 0.25) is 0 Å². The van der Waals surface area contributed by atoms with E-state index >= 15 is 0 Å². The Morgan fingerprint density at radius 3 is 2.42 bits per heavy atom. The molecule has 3 aromatic rings. The molecule has 3 heteroatoms. The van der Waals surface area contributed by atoms with Crippen molar-refractivity contribution >= 4 is 10.9 Å². The van der Waals surface area contributed by atoms with Gasteiger partial charge in [0.15, 0.2) is 0 Å². The Morgan fingerprint density at radius 2 is 1.68 bits per heavy atom. The summed E-state index contributed by atoms with van der Waals surface area (Å²) in [6.45, 7) is 4.10. The molecule has 1 aromatic heterocycles. The molecule has 0 radical (unpaired) electrons. The molecule has 0 atom stereocenters. The lowest BCUT2D eigenvalue weighted by atomic mass is 10.0. The van der Waals surface area contributed by atoms with E-state index in [9.17, 15) is 4.79 Å². The van der Waals surface area contributed by atoms with Crippen molar-refractivity contribution in [3.8, 4) is 11.3 Å². The Kier molecular flexibility index (Phi) is 2.67. The van der Waals surface area contributed by atoms with E-state index in [0.29, 0.717) is 0 Å². The average Bonchev–Trinajstić information content (AvgIpc) is 2.41. The molecule has 0 fully saturated rings. The fourth-order valence-electron chi connectivity index (χ4n) is 2.24. The highest BCUT2D eigenvalue weighted by Crippen LogP contribution is 2.26. The Hall–Kier alpha value is -2.42. The average molecular weight is 250 g/mol. The molecule has 0 saturated heterocycles.